The molecule has 0 aliphatic heterocycles. The number of benzene rings is 2. The summed E-state index contributed by atoms with van der Waals surface area (Å²) in [5, 5.41) is 12.2. The van der Waals surface area contributed by atoms with Crippen LogP contribution in [-0.4, -0.2) is 78.0 Å². The fourth-order valence-electron chi connectivity index (χ4n) is 9.01. The summed E-state index contributed by atoms with van der Waals surface area (Å²) in [6.45, 7) is 14.4. The highest BCUT2D eigenvalue weighted by molar-refractivity contribution is 5.89. The van der Waals surface area contributed by atoms with E-state index in [1.165, 1.54) is 13.8 Å². The van der Waals surface area contributed by atoms with Gasteiger partial charge in [-0.05, 0) is 94.5 Å². The third kappa shape index (κ3) is 7.46. The lowest BCUT2D eigenvalue weighted by Crippen LogP contribution is -2.52. The van der Waals surface area contributed by atoms with E-state index in [0.29, 0.717) is 35.1 Å². The molecule has 2 aromatic carbocycles. The van der Waals surface area contributed by atoms with Crippen LogP contribution in [0, 0.1) is 16.7 Å². The first-order chi connectivity index (χ1) is 24.4. The van der Waals surface area contributed by atoms with Gasteiger partial charge in [-0.1, -0.05) is 62.0 Å². The molecule has 5 rings (SSSR count). The average molecular weight is 716 g/mol. The number of fused-ring (bicyclic) bond motifs is 2. The average Bonchev–Trinajstić information content (AvgIpc) is 3.31. The van der Waals surface area contributed by atoms with E-state index in [1.807, 2.05) is 63.2 Å². The molecule has 1 N–H and O–H groups in total. The molecule has 0 unspecified atom stereocenters. The van der Waals surface area contributed by atoms with Crippen LogP contribution < -0.4 is 0 Å². The Hall–Kier alpha value is -4.28. The van der Waals surface area contributed by atoms with Gasteiger partial charge >= 0.3 is 23.9 Å². The highest BCUT2D eigenvalue weighted by Crippen LogP contribution is 2.65. The molecule has 8 atom stereocenters. The number of hydrogen-bond acceptors (Lipinski definition) is 10. The zero-order valence-electron chi connectivity index (χ0n) is 31.6. The van der Waals surface area contributed by atoms with Crippen molar-refractivity contribution >= 4 is 23.9 Å². The molecule has 0 radical (unpaired) electrons. The largest absolute Gasteiger partial charge is 0.458 e. The SMILES string of the molecule is C=C1[C@@H](OC(=O)C[C@H](c2ccccc2)N(C)C)CC[C@]2(C)[C@@H]1C[C@]1(C(C)(C)O)C[C@H](OC(C)=O)C(C)=C1[C@@H](OC(=O)c1ccccc1)[C@@H]2OC(C)=O. The number of ether oxygens (including phenoxy) is 4. The smallest absolute Gasteiger partial charge is 0.338 e. The van der Waals surface area contributed by atoms with Gasteiger partial charge in [0.05, 0.1) is 17.6 Å². The summed E-state index contributed by atoms with van der Waals surface area (Å²) in [6, 6.07) is 18.1. The van der Waals surface area contributed by atoms with E-state index >= 15 is 0 Å². The molecular weight excluding hydrogens is 662 g/mol. The summed E-state index contributed by atoms with van der Waals surface area (Å²) in [6.07, 6.45) is -2.09. The Morgan fingerprint density at radius 3 is 2.06 bits per heavy atom. The summed E-state index contributed by atoms with van der Waals surface area (Å²) < 4.78 is 24.7. The molecule has 0 aromatic heterocycles. The molecule has 2 aromatic rings. The van der Waals surface area contributed by atoms with Crippen LogP contribution in [0.1, 0.15) is 95.6 Å². The molecule has 3 aliphatic carbocycles. The lowest BCUT2D eigenvalue weighted by molar-refractivity contribution is -0.169. The second-order valence-electron chi connectivity index (χ2n) is 15.7. The van der Waals surface area contributed by atoms with Crippen LogP contribution in [-0.2, 0) is 33.3 Å². The summed E-state index contributed by atoms with van der Waals surface area (Å²) >= 11 is 0. The lowest BCUT2D eigenvalue weighted by Gasteiger charge is -2.50. The second-order valence-corrected chi connectivity index (χ2v) is 15.7. The third-order valence-electron chi connectivity index (χ3n) is 11.8. The number of rotatable bonds is 10. The van der Waals surface area contributed by atoms with Crippen molar-refractivity contribution in [3.8, 4) is 0 Å². The van der Waals surface area contributed by atoms with Crippen LogP contribution in [0.5, 0.6) is 0 Å². The van der Waals surface area contributed by atoms with E-state index in [0.717, 1.165) is 5.56 Å². The Morgan fingerprint density at radius 2 is 1.50 bits per heavy atom. The molecule has 0 amide bonds. The van der Waals surface area contributed by atoms with Gasteiger partial charge in [0.25, 0.3) is 0 Å². The van der Waals surface area contributed by atoms with Gasteiger partial charge in [-0.25, -0.2) is 4.79 Å². The van der Waals surface area contributed by atoms with Crippen LogP contribution >= 0.6 is 0 Å². The van der Waals surface area contributed by atoms with Crippen LogP contribution in [0.4, 0.5) is 0 Å². The van der Waals surface area contributed by atoms with E-state index < -0.39 is 64.7 Å². The Kier molecular flexibility index (Phi) is 11.2. The zero-order chi connectivity index (χ0) is 38.2. The topological polar surface area (TPSA) is 129 Å². The van der Waals surface area contributed by atoms with Crippen LogP contribution in [0.25, 0.3) is 0 Å². The fourth-order valence-corrected chi connectivity index (χ4v) is 9.01. The zero-order valence-corrected chi connectivity index (χ0v) is 31.6. The monoisotopic (exact) mass is 715 g/mol. The molecule has 3 aliphatic rings. The van der Waals surface area contributed by atoms with Crippen LogP contribution in [0.2, 0.25) is 0 Å². The summed E-state index contributed by atoms with van der Waals surface area (Å²) in [5.41, 5.74) is -0.305. The standard InChI is InChI=1S/C42H53NO9/c1-25-31-23-42(40(5,6)48)24-34(49-27(3)44)26(2)36(42)37(52-39(47)30-18-14-11-15-19-30)38(50-28(4)45)41(31,7)21-20-33(25)51-35(46)22-32(43(8)9)29-16-12-10-13-17-29/h10-19,31-34,37-38,48H,1,20-24H2,2-9H3/t31-,32-,33+,34+,37-,38+,41-,42+/m1/s1. The van der Waals surface area contributed by atoms with Gasteiger partial charge in [-0.15, -0.1) is 0 Å². The third-order valence-corrected chi connectivity index (χ3v) is 11.8. The first-order valence-electron chi connectivity index (χ1n) is 18.0. The van der Waals surface area contributed by atoms with Crippen molar-refractivity contribution in [2.45, 2.75) is 110 Å². The summed E-state index contributed by atoms with van der Waals surface area (Å²) in [4.78, 5) is 54.9. The Balaban J connectivity index is 1.60. The molecule has 0 heterocycles. The Morgan fingerprint density at radius 1 is 0.904 bits per heavy atom. The lowest BCUT2D eigenvalue weighted by atomic mass is 9.57. The predicted octanol–water partition coefficient (Wildman–Crippen LogP) is 6.53. The normalized spacial score (nSPS) is 29.3. The van der Waals surface area contributed by atoms with Crippen molar-refractivity contribution < 1.29 is 43.2 Å². The van der Waals surface area contributed by atoms with Crippen molar-refractivity contribution in [3.05, 3.63) is 95.1 Å². The maximum atomic E-state index is 13.9. The minimum atomic E-state index is -1.44. The number of carbonyl (C=O) groups is 4. The molecule has 10 nitrogen and oxygen atoms in total. The Labute approximate surface area is 307 Å². The molecule has 2 saturated carbocycles. The first kappa shape index (κ1) is 38.9. The van der Waals surface area contributed by atoms with Crippen molar-refractivity contribution in [2.24, 2.45) is 16.7 Å². The number of esters is 4. The Bertz CT molecular complexity index is 1710. The molecule has 280 valence electrons. The van der Waals surface area contributed by atoms with E-state index in [-0.39, 0.29) is 31.3 Å². The van der Waals surface area contributed by atoms with E-state index in [4.69, 9.17) is 18.9 Å². The number of nitrogens with zero attached hydrogens (tertiary/aromatic N) is 1. The second kappa shape index (κ2) is 15.0. The minimum Gasteiger partial charge on any atom is -0.458 e. The molecular formula is C42H53NO9. The molecule has 2 fully saturated rings. The van der Waals surface area contributed by atoms with Crippen molar-refractivity contribution in [2.75, 3.05) is 14.1 Å². The van der Waals surface area contributed by atoms with E-state index in [9.17, 15) is 24.3 Å². The predicted molar refractivity (Wildman–Crippen MR) is 195 cm³/mol. The quantitative estimate of drug-likeness (QED) is 0.165. The summed E-state index contributed by atoms with van der Waals surface area (Å²) in [7, 11) is 3.84. The molecule has 52 heavy (non-hydrogen) atoms. The number of aliphatic hydroxyl groups is 1. The van der Waals surface area contributed by atoms with Gasteiger partial charge in [-0.2, -0.15) is 0 Å². The van der Waals surface area contributed by atoms with Gasteiger partial charge in [0, 0.05) is 37.1 Å². The maximum absolute atomic E-state index is 13.9. The van der Waals surface area contributed by atoms with E-state index in [2.05, 4.69) is 6.58 Å². The van der Waals surface area contributed by atoms with Crippen LogP contribution in [0.3, 0.4) is 0 Å². The van der Waals surface area contributed by atoms with E-state index in [1.54, 1.807) is 44.2 Å². The van der Waals surface area contributed by atoms with Gasteiger partial charge < -0.3 is 29.0 Å². The van der Waals surface area contributed by atoms with Crippen molar-refractivity contribution in [3.63, 3.8) is 0 Å². The minimum absolute atomic E-state index is 0.125. The maximum Gasteiger partial charge on any atom is 0.338 e. The van der Waals surface area contributed by atoms with Crippen molar-refractivity contribution in [1.29, 1.82) is 0 Å². The highest BCUT2D eigenvalue weighted by Gasteiger charge is 2.66. The number of carbonyl (C=O) groups excluding carboxylic acids is 4. The highest BCUT2D eigenvalue weighted by atomic mass is 16.6. The van der Waals surface area contributed by atoms with Gasteiger partial charge in [-0.3, -0.25) is 14.4 Å². The molecule has 0 spiro atoms. The fraction of sp³-hybridized carbons (Fsp3) is 0.524. The van der Waals surface area contributed by atoms with Gasteiger partial charge in [0.15, 0.2) is 6.10 Å². The molecule has 10 heteroatoms. The summed E-state index contributed by atoms with van der Waals surface area (Å²) in [5.74, 6) is -2.54. The number of hydrogen-bond donors (Lipinski definition) is 1. The van der Waals surface area contributed by atoms with Crippen molar-refractivity contribution in [1.82, 2.24) is 4.90 Å². The first-order valence-corrected chi connectivity index (χ1v) is 18.0. The van der Waals surface area contributed by atoms with Gasteiger partial charge in [0.2, 0.25) is 0 Å². The van der Waals surface area contributed by atoms with Crippen LogP contribution in [0.15, 0.2) is 84.0 Å². The molecule has 0 saturated heterocycles. The van der Waals surface area contributed by atoms with Gasteiger partial charge in [0.1, 0.15) is 18.3 Å². The molecule has 0 bridgehead atoms.